The summed E-state index contributed by atoms with van der Waals surface area (Å²) >= 11 is 0. The third kappa shape index (κ3) is 13.6. The molecule has 1 heterocycles. The van der Waals surface area contributed by atoms with Crippen LogP contribution in [0.5, 0.6) is 0 Å². The SMILES string of the molecule is CCCCCCCC(CCCCCC)CCOCC(C[N+]1=Cc2ccccc2CC1)OS(=O)(=O)O. The van der Waals surface area contributed by atoms with Crippen molar-refractivity contribution in [3.8, 4) is 0 Å². The van der Waals surface area contributed by atoms with Gasteiger partial charge in [0, 0.05) is 18.6 Å². The van der Waals surface area contributed by atoms with Crippen molar-refractivity contribution in [2.45, 2.75) is 103 Å². The fourth-order valence-electron chi connectivity index (χ4n) is 4.90. The molecule has 1 N–H and O–H groups in total. The summed E-state index contributed by atoms with van der Waals surface area (Å²) in [7, 11) is -4.55. The van der Waals surface area contributed by atoms with Crippen LogP contribution in [-0.2, 0) is 25.7 Å². The number of nitrogens with zero attached hydrogens (tertiary/aromatic N) is 1. The van der Waals surface area contributed by atoms with Gasteiger partial charge in [0.25, 0.3) is 0 Å². The molecule has 0 aromatic heterocycles. The summed E-state index contributed by atoms with van der Waals surface area (Å²) in [6.45, 7) is 6.35. The van der Waals surface area contributed by atoms with Gasteiger partial charge >= 0.3 is 10.4 Å². The lowest BCUT2D eigenvalue weighted by Gasteiger charge is -2.19. The van der Waals surface area contributed by atoms with Crippen LogP contribution in [0.25, 0.3) is 0 Å². The van der Waals surface area contributed by atoms with E-state index in [0.717, 1.165) is 24.9 Å². The first-order chi connectivity index (χ1) is 16.9. The molecule has 1 aromatic rings. The van der Waals surface area contributed by atoms with Gasteiger partial charge in [-0.25, -0.2) is 8.76 Å². The minimum absolute atomic E-state index is 0.144. The van der Waals surface area contributed by atoms with Crippen molar-refractivity contribution in [1.29, 1.82) is 0 Å². The van der Waals surface area contributed by atoms with E-state index in [1.165, 1.54) is 76.2 Å². The summed E-state index contributed by atoms with van der Waals surface area (Å²) in [4.78, 5) is 0. The highest BCUT2D eigenvalue weighted by Gasteiger charge is 2.25. The molecule has 0 saturated carbocycles. The Bertz CT molecular complexity index is 840. The molecule has 35 heavy (non-hydrogen) atoms. The first-order valence-electron chi connectivity index (χ1n) is 13.8. The molecule has 200 valence electrons. The molecule has 0 fully saturated rings. The van der Waals surface area contributed by atoms with Gasteiger partial charge in [-0.2, -0.15) is 8.42 Å². The van der Waals surface area contributed by atoms with E-state index in [0.29, 0.717) is 19.1 Å². The van der Waals surface area contributed by atoms with E-state index in [1.807, 2.05) is 22.9 Å². The second-order valence-corrected chi connectivity index (χ2v) is 11.0. The Balaban J connectivity index is 1.83. The van der Waals surface area contributed by atoms with Crippen LogP contribution in [0.2, 0.25) is 0 Å². The average molecular weight is 511 g/mol. The van der Waals surface area contributed by atoms with Crippen LogP contribution in [0.1, 0.15) is 102 Å². The van der Waals surface area contributed by atoms with Gasteiger partial charge in [-0.3, -0.25) is 4.55 Å². The Morgan fingerprint density at radius 3 is 2.29 bits per heavy atom. The quantitative estimate of drug-likeness (QED) is 0.128. The first kappa shape index (κ1) is 29.9. The van der Waals surface area contributed by atoms with Crippen molar-refractivity contribution in [3.63, 3.8) is 0 Å². The van der Waals surface area contributed by atoms with E-state index in [2.05, 4.69) is 26.0 Å². The molecule has 2 rings (SSSR count). The van der Waals surface area contributed by atoms with Gasteiger partial charge < -0.3 is 4.74 Å². The monoisotopic (exact) mass is 510 g/mol. The van der Waals surface area contributed by atoms with Crippen LogP contribution in [-0.4, -0.2) is 56.2 Å². The third-order valence-corrected chi connectivity index (χ3v) is 7.41. The lowest BCUT2D eigenvalue weighted by molar-refractivity contribution is -0.532. The van der Waals surface area contributed by atoms with Gasteiger partial charge in [0.15, 0.2) is 18.9 Å². The zero-order valence-electron chi connectivity index (χ0n) is 22.0. The molecule has 2 atom stereocenters. The van der Waals surface area contributed by atoms with Crippen LogP contribution in [0.15, 0.2) is 24.3 Å². The highest BCUT2D eigenvalue weighted by Crippen LogP contribution is 2.22. The molecule has 2 unspecified atom stereocenters. The van der Waals surface area contributed by atoms with Crippen molar-refractivity contribution < 1.29 is 26.5 Å². The summed E-state index contributed by atoms with van der Waals surface area (Å²) in [5.41, 5.74) is 2.42. The zero-order valence-corrected chi connectivity index (χ0v) is 22.8. The molecule has 1 aliphatic rings. The minimum Gasteiger partial charge on any atom is -0.378 e. The van der Waals surface area contributed by atoms with Crippen molar-refractivity contribution in [2.24, 2.45) is 5.92 Å². The maximum atomic E-state index is 11.4. The largest absolute Gasteiger partial charge is 0.397 e. The molecule has 0 bridgehead atoms. The summed E-state index contributed by atoms with van der Waals surface area (Å²) in [5, 5.41) is 0. The maximum absolute atomic E-state index is 11.4. The van der Waals surface area contributed by atoms with Crippen LogP contribution in [0.3, 0.4) is 0 Å². The van der Waals surface area contributed by atoms with E-state index in [4.69, 9.17) is 8.92 Å². The second-order valence-electron chi connectivity index (χ2n) is 10.0. The zero-order chi connectivity index (χ0) is 25.4. The van der Waals surface area contributed by atoms with Gasteiger partial charge in [0.1, 0.15) is 6.54 Å². The average Bonchev–Trinajstić information content (AvgIpc) is 2.82. The number of unbranched alkanes of at least 4 members (excludes halogenated alkanes) is 7. The molecular formula is C28H48NO5S+. The summed E-state index contributed by atoms with van der Waals surface area (Å²) in [6, 6.07) is 8.19. The molecule has 1 aliphatic heterocycles. The standard InChI is InChI=1S/C28H47NO5S/c1-3-5-7-9-11-15-25(14-10-8-6-4-2)19-21-33-24-28(34-35(30,31)32)23-29-20-18-26-16-12-13-17-27(26)22-29/h12-13,16-17,22,25,28H,3-11,14-15,18-21,23-24H2,1-2H3/p+1. The Morgan fingerprint density at radius 2 is 1.60 bits per heavy atom. The van der Waals surface area contributed by atoms with Gasteiger partial charge in [0.2, 0.25) is 0 Å². The third-order valence-electron chi connectivity index (χ3n) is 6.90. The molecule has 6 nitrogen and oxygen atoms in total. The summed E-state index contributed by atoms with van der Waals surface area (Å²) < 4.78 is 45.1. The number of hydrogen-bond donors (Lipinski definition) is 1. The normalized spacial score (nSPS) is 15.5. The van der Waals surface area contributed by atoms with E-state index >= 15 is 0 Å². The van der Waals surface area contributed by atoms with Crippen LogP contribution in [0.4, 0.5) is 0 Å². The van der Waals surface area contributed by atoms with Gasteiger partial charge in [-0.1, -0.05) is 103 Å². The number of fused-ring (bicyclic) bond motifs is 1. The molecular weight excluding hydrogens is 462 g/mol. The predicted octanol–water partition coefficient (Wildman–Crippen LogP) is 6.22. The molecule has 0 radical (unpaired) electrons. The van der Waals surface area contributed by atoms with Crippen LogP contribution in [0, 0.1) is 5.92 Å². The smallest absolute Gasteiger partial charge is 0.378 e. The Hall–Kier alpha value is -1.28. The molecule has 0 spiro atoms. The lowest BCUT2D eigenvalue weighted by Crippen LogP contribution is -2.36. The highest BCUT2D eigenvalue weighted by atomic mass is 32.3. The van der Waals surface area contributed by atoms with Crippen molar-refractivity contribution in [1.82, 2.24) is 0 Å². The van der Waals surface area contributed by atoms with Crippen molar-refractivity contribution in [2.75, 3.05) is 26.3 Å². The number of rotatable bonds is 20. The van der Waals surface area contributed by atoms with Crippen molar-refractivity contribution >= 4 is 16.6 Å². The molecule has 7 heteroatoms. The minimum atomic E-state index is -4.55. The Morgan fingerprint density at radius 1 is 0.943 bits per heavy atom. The van der Waals surface area contributed by atoms with E-state index in [9.17, 15) is 13.0 Å². The molecule has 1 aromatic carbocycles. The van der Waals surface area contributed by atoms with E-state index in [-0.39, 0.29) is 6.61 Å². The number of benzene rings is 1. The number of ether oxygens (including phenoxy) is 1. The van der Waals surface area contributed by atoms with E-state index < -0.39 is 16.5 Å². The topological polar surface area (TPSA) is 75.8 Å². The Kier molecular flexibility index (Phi) is 14.7. The second kappa shape index (κ2) is 17.2. The lowest BCUT2D eigenvalue weighted by atomic mass is 9.92. The van der Waals surface area contributed by atoms with Crippen LogP contribution >= 0.6 is 0 Å². The number of hydrogen-bond acceptors (Lipinski definition) is 4. The molecule has 0 aliphatic carbocycles. The van der Waals surface area contributed by atoms with E-state index in [1.54, 1.807) is 0 Å². The predicted molar refractivity (Wildman–Crippen MR) is 143 cm³/mol. The maximum Gasteiger partial charge on any atom is 0.397 e. The fraction of sp³-hybridized carbons (Fsp3) is 0.750. The van der Waals surface area contributed by atoms with Crippen molar-refractivity contribution in [3.05, 3.63) is 35.4 Å². The molecule has 0 amide bonds. The fourth-order valence-corrected chi connectivity index (χ4v) is 5.36. The first-order valence-corrected chi connectivity index (χ1v) is 15.2. The highest BCUT2D eigenvalue weighted by molar-refractivity contribution is 7.80. The van der Waals surface area contributed by atoms with Crippen LogP contribution < -0.4 is 0 Å². The molecule has 0 saturated heterocycles. The van der Waals surface area contributed by atoms with Gasteiger partial charge in [-0.15, -0.1) is 0 Å². The summed E-state index contributed by atoms with van der Waals surface area (Å²) in [6.07, 6.45) is 17.3. The summed E-state index contributed by atoms with van der Waals surface area (Å²) in [5.74, 6) is 0.654. The Labute approximate surface area is 214 Å². The van der Waals surface area contributed by atoms with Gasteiger partial charge in [0.05, 0.1) is 6.61 Å². The van der Waals surface area contributed by atoms with Gasteiger partial charge in [-0.05, 0) is 24.0 Å².